The maximum atomic E-state index is 11.8. The molecule has 3 N–H and O–H groups in total. The van der Waals surface area contributed by atoms with E-state index in [1.54, 1.807) is 0 Å². The third-order valence-electron chi connectivity index (χ3n) is 2.48. The van der Waals surface area contributed by atoms with Crippen molar-refractivity contribution in [3.8, 4) is 0 Å². The van der Waals surface area contributed by atoms with Crippen molar-refractivity contribution in [2.45, 2.75) is 13.3 Å². The van der Waals surface area contributed by atoms with E-state index >= 15 is 0 Å². The topological polar surface area (TPSA) is 94.8 Å². The average molecular weight is 259 g/mol. The van der Waals surface area contributed by atoms with Crippen molar-refractivity contribution >= 4 is 11.7 Å². The van der Waals surface area contributed by atoms with Crippen LogP contribution in [0.5, 0.6) is 0 Å². The molecular formula is C13H13N3O3. The molecule has 0 aliphatic heterocycles. The van der Waals surface area contributed by atoms with E-state index in [0.29, 0.717) is 0 Å². The summed E-state index contributed by atoms with van der Waals surface area (Å²) in [5, 5.41) is 2.48. The Morgan fingerprint density at radius 3 is 2.68 bits per heavy atom. The van der Waals surface area contributed by atoms with E-state index in [1.165, 1.54) is 0 Å². The molecule has 98 valence electrons. The van der Waals surface area contributed by atoms with E-state index < -0.39 is 11.2 Å². The Labute approximate surface area is 108 Å². The fourth-order valence-corrected chi connectivity index (χ4v) is 1.74. The number of hydrogen-bond acceptors (Lipinski definition) is 3. The van der Waals surface area contributed by atoms with Crippen LogP contribution < -0.4 is 16.6 Å². The highest BCUT2D eigenvalue weighted by Crippen LogP contribution is 2.05. The van der Waals surface area contributed by atoms with Crippen LogP contribution in [0, 0.1) is 6.92 Å². The molecule has 1 aromatic heterocycles. The summed E-state index contributed by atoms with van der Waals surface area (Å²) in [7, 11) is 0. The SMILES string of the molecule is Cc1cccc(CC(=O)Nc2cc(=O)[nH]c(=O)[nH]2)c1. The molecule has 2 rings (SSSR count). The quantitative estimate of drug-likeness (QED) is 0.751. The zero-order valence-electron chi connectivity index (χ0n) is 10.3. The minimum atomic E-state index is -0.654. The van der Waals surface area contributed by atoms with E-state index in [1.807, 2.05) is 36.2 Å². The highest BCUT2D eigenvalue weighted by molar-refractivity contribution is 5.91. The molecule has 0 saturated heterocycles. The second-order valence-corrected chi connectivity index (χ2v) is 4.22. The Balaban J connectivity index is 2.09. The first-order valence-electron chi connectivity index (χ1n) is 5.72. The van der Waals surface area contributed by atoms with Gasteiger partial charge < -0.3 is 5.32 Å². The number of hydrogen-bond donors (Lipinski definition) is 3. The van der Waals surface area contributed by atoms with Crippen molar-refractivity contribution < 1.29 is 4.79 Å². The number of rotatable bonds is 3. The second-order valence-electron chi connectivity index (χ2n) is 4.22. The van der Waals surface area contributed by atoms with Crippen LogP contribution in [0.2, 0.25) is 0 Å². The summed E-state index contributed by atoms with van der Waals surface area (Å²) in [5.41, 5.74) is 0.715. The summed E-state index contributed by atoms with van der Waals surface area (Å²) in [6.07, 6.45) is 0.177. The second kappa shape index (κ2) is 5.34. The number of anilines is 1. The van der Waals surface area contributed by atoms with Gasteiger partial charge in [-0.15, -0.1) is 0 Å². The number of carbonyl (C=O) groups excluding carboxylic acids is 1. The van der Waals surface area contributed by atoms with Crippen LogP contribution in [0.1, 0.15) is 11.1 Å². The highest BCUT2D eigenvalue weighted by Gasteiger charge is 2.05. The molecule has 0 radical (unpaired) electrons. The van der Waals surface area contributed by atoms with Gasteiger partial charge in [-0.1, -0.05) is 29.8 Å². The number of carbonyl (C=O) groups is 1. The largest absolute Gasteiger partial charge is 0.327 e. The van der Waals surface area contributed by atoms with Crippen molar-refractivity contribution in [1.82, 2.24) is 9.97 Å². The zero-order chi connectivity index (χ0) is 13.8. The van der Waals surface area contributed by atoms with Crippen molar-refractivity contribution in [3.05, 3.63) is 62.3 Å². The van der Waals surface area contributed by atoms with Gasteiger partial charge in [-0.2, -0.15) is 0 Å². The Kier molecular flexibility index (Phi) is 3.61. The molecule has 1 heterocycles. The van der Waals surface area contributed by atoms with E-state index in [4.69, 9.17) is 0 Å². The summed E-state index contributed by atoms with van der Waals surface area (Å²) < 4.78 is 0. The maximum Gasteiger partial charge on any atom is 0.327 e. The summed E-state index contributed by atoms with van der Waals surface area (Å²) in [5.74, 6) is -0.210. The molecule has 1 aromatic carbocycles. The third-order valence-corrected chi connectivity index (χ3v) is 2.48. The van der Waals surface area contributed by atoms with E-state index in [-0.39, 0.29) is 18.1 Å². The van der Waals surface area contributed by atoms with Crippen molar-refractivity contribution in [1.29, 1.82) is 0 Å². The molecule has 0 saturated carbocycles. The highest BCUT2D eigenvalue weighted by atomic mass is 16.2. The minimum absolute atomic E-state index is 0.0893. The molecule has 0 fully saturated rings. The van der Waals surface area contributed by atoms with Crippen LogP contribution >= 0.6 is 0 Å². The van der Waals surface area contributed by atoms with Gasteiger partial charge in [0.25, 0.3) is 5.56 Å². The number of H-pyrrole nitrogens is 2. The molecule has 2 aromatic rings. The Morgan fingerprint density at radius 2 is 2.00 bits per heavy atom. The number of aryl methyl sites for hydroxylation is 1. The first-order chi connectivity index (χ1) is 9.02. The van der Waals surface area contributed by atoms with Crippen LogP contribution in [0.15, 0.2) is 39.9 Å². The summed E-state index contributed by atoms with van der Waals surface area (Å²) in [4.78, 5) is 38.2. The van der Waals surface area contributed by atoms with Crippen LogP contribution in [-0.4, -0.2) is 15.9 Å². The van der Waals surface area contributed by atoms with Gasteiger partial charge in [-0.25, -0.2) is 4.79 Å². The van der Waals surface area contributed by atoms with E-state index in [2.05, 4.69) is 10.3 Å². The molecule has 1 amide bonds. The molecule has 0 aliphatic carbocycles. The smallest absolute Gasteiger partial charge is 0.312 e. The lowest BCUT2D eigenvalue weighted by Crippen LogP contribution is -2.25. The normalized spacial score (nSPS) is 10.2. The summed E-state index contributed by atoms with van der Waals surface area (Å²) in [6, 6.07) is 8.67. The van der Waals surface area contributed by atoms with Crippen LogP contribution in [0.4, 0.5) is 5.82 Å². The predicted octanol–water partition coefficient (Wildman–Crippen LogP) is 0.553. The lowest BCUT2D eigenvalue weighted by Gasteiger charge is -2.05. The van der Waals surface area contributed by atoms with Crippen molar-refractivity contribution in [2.75, 3.05) is 5.32 Å². The molecule has 6 nitrogen and oxygen atoms in total. The molecule has 0 bridgehead atoms. The molecule has 0 unspecified atom stereocenters. The zero-order valence-corrected chi connectivity index (χ0v) is 10.3. The number of amides is 1. The average Bonchev–Trinajstić information content (AvgIpc) is 2.26. The summed E-state index contributed by atoms with van der Waals surface area (Å²) >= 11 is 0. The Hall–Kier alpha value is -2.63. The summed E-state index contributed by atoms with van der Waals surface area (Å²) in [6.45, 7) is 1.94. The van der Waals surface area contributed by atoms with Crippen molar-refractivity contribution in [2.24, 2.45) is 0 Å². The first-order valence-corrected chi connectivity index (χ1v) is 5.72. The number of benzene rings is 1. The van der Waals surface area contributed by atoms with Gasteiger partial charge in [0, 0.05) is 6.07 Å². The van der Waals surface area contributed by atoms with E-state index in [0.717, 1.165) is 17.2 Å². The van der Waals surface area contributed by atoms with Crippen LogP contribution in [0.3, 0.4) is 0 Å². The van der Waals surface area contributed by atoms with Gasteiger partial charge in [0.2, 0.25) is 5.91 Å². The molecule has 0 aliphatic rings. The lowest BCUT2D eigenvalue weighted by atomic mass is 10.1. The van der Waals surface area contributed by atoms with Gasteiger partial charge in [-0.3, -0.25) is 19.6 Å². The van der Waals surface area contributed by atoms with Crippen molar-refractivity contribution in [3.63, 3.8) is 0 Å². The molecule has 0 atom stereocenters. The van der Waals surface area contributed by atoms with E-state index in [9.17, 15) is 14.4 Å². The molecular weight excluding hydrogens is 246 g/mol. The lowest BCUT2D eigenvalue weighted by molar-refractivity contribution is -0.115. The van der Waals surface area contributed by atoms with Crippen LogP contribution in [-0.2, 0) is 11.2 Å². The van der Waals surface area contributed by atoms with Gasteiger partial charge in [0.05, 0.1) is 6.42 Å². The Morgan fingerprint density at radius 1 is 1.21 bits per heavy atom. The molecule has 6 heteroatoms. The first kappa shape index (κ1) is 12.8. The van der Waals surface area contributed by atoms with Gasteiger partial charge in [0.1, 0.15) is 5.82 Å². The minimum Gasteiger partial charge on any atom is -0.312 e. The molecule has 19 heavy (non-hydrogen) atoms. The predicted molar refractivity (Wildman–Crippen MR) is 71.2 cm³/mol. The van der Waals surface area contributed by atoms with Gasteiger partial charge >= 0.3 is 5.69 Å². The fourth-order valence-electron chi connectivity index (χ4n) is 1.74. The monoisotopic (exact) mass is 259 g/mol. The van der Waals surface area contributed by atoms with Crippen LogP contribution in [0.25, 0.3) is 0 Å². The Bertz CT molecular complexity index is 687. The van der Waals surface area contributed by atoms with Gasteiger partial charge in [0.15, 0.2) is 0 Å². The molecule has 0 spiro atoms. The standard InChI is InChI=1S/C13H13N3O3/c1-8-3-2-4-9(5-8)6-11(17)14-10-7-12(18)16-13(19)15-10/h2-5,7H,6H2,1H3,(H3,14,15,16,17,18,19). The number of aromatic amines is 2. The number of nitrogens with one attached hydrogen (secondary N) is 3. The van der Waals surface area contributed by atoms with Gasteiger partial charge in [-0.05, 0) is 12.5 Å². The third kappa shape index (κ3) is 3.67. The number of aromatic nitrogens is 2. The maximum absolute atomic E-state index is 11.8. The fraction of sp³-hybridized carbons (Fsp3) is 0.154.